The van der Waals surface area contributed by atoms with E-state index < -0.39 is 0 Å². The molecule has 0 aromatic rings. The average Bonchev–Trinajstić information content (AvgIpc) is 3.41. The van der Waals surface area contributed by atoms with E-state index in [4.69, 9.17) is 0 Å². The minimum Gasteiger partial charge on any atom is -0.300 e. The van der Waals surface area contributed by atoms with Gasteiger partial charge in [0.15, 0.2) is 0 Å². The molecular weight excluding hydrogens is 366 g/mol. The minimum absolute atomic E-state index is 0. The standard InChI is InChI=1S/2C9H17N.C8H15N.CH4/c1-8(2)10-6-5-9(7-10)3-4-9;1-8(2)10-6-9(7-10)4-3-5-9;1-7(2)9-5-8(6-9)3-4-8;/h2*8H,3-7H2,1-2H3;7H,3-6H2,1-2H3;1H4. The molecule has 0 amide bonds. The number of hydrogen-bond donors (Lipinski definition) is 0. The lowest BCUT2D eigenvalue weighted by Crippen LogP contribution is -2.61. The van der Waals surface area contributed by atoms with Crippen molar-refractivity contribution in [1.82, 2.24) is 14.7 Å². The molecule has 3 heteroatoms. The van der Waals surface area contributed by atoms with Gasteiger partial charge in [-0.25, -0.2) is 0 Å². The smallest absolute Gasteiger partial charge is 0.00532 e. The zero-order valence-electron chi connectivity index (χ0n) is 20.5. The highest BCUT2D eigenvalue weighted by Gasteiger charge is 2.52. The van der Waals surface area contributed by atoms with Crippen LogP contribution in [0.15, 0.2) is 0 Å². The molecule has 3 spiro atoms. The van der Waals surface area contributed by atoms with E-state index in [9.17, 15) is 0 Å². The van der Waals surface area contributed by atoms with Crippen LogP contribution in [0.4, 0.5) is 0 Å². The first-order valence-electron chi connectivity index (χ1n) is 12.9. The predicted molar refractivity (Wildman–Crippen MR) is 131 cm³/mol. The van der Waals surface area contributed by atoms with Crippen LogP contribution in [-0.4, -0.2) is 72.1 Å². The van der Waals surface area contributed by atoms with E-state index in [2.05, 4.69) is 56.2 Å². The summed E-state index contributed by atoms with van der Waals surface area (Å²) < 4.78 is 0. The van der Waals surface area contributed by atoms with E-state index in [0.717, 1.165) is 34.4 Å². The van der Waals surface area contributed by atoms with Gasteiger partial charge in [0, 0.05) is 50.8 Å². The Kier molecular flexibility index (Phi) is 7.37. The SMILES string of the molecule is C.CC(C)N1CC2(CC2)C1.CC(C)N1CC2(CCC2)C1.CC(C)N1CCC2(CC2)C1. The van der Waals surface area contributed by atoms with Crippen LogP contribution in [0.5, 0.6) is 0 Å². The molecule has 3 heterocycles. The van der Waals surface area contributed by atoms with Crippen LogP contribution in [0, 0.1) is 16.2 Å². The molecule has 0 N–H and O–H groups in total. The molecule has 30 heavy (non-hydrogen) atoms. The van der Waals surface area contributed by atoms with Crippen molar-refractivity contribution in [3.8, 4) is 0 Å². The maximum atomic E-state index is 2.62. The van der Waals surface area contributed by atoms with Gasteiger partial charge in [0.05, 0.1) is 0 Å². The van der Waals surface area contributed by atoms with Gasteiger partial charge < -0.3 is 4.90 Å². The fourth-order valence-electron chi connectivity index (χ4n) is 5.84. The summed E-state index contributed by atoms with van der Waals surface area (Å²) in [4.78, 5) is 7.76. The Hall–Kier alpha value is -0.120. The number of likely N-dealkylation sites (tertiary alicyclic amines) is 3. The van der Waals surface area contributed by atoms with E-state index in [1.165, 1.54) is 90.6 Å². The summed E-state index contributed by atoms with van der Waals surface area (Å²) in [5.41, 5.74) is 2.50. The second-order valence-corrected chi connectivity index (χ2v) is 12.7. The van der Waals surface area contributed by atoms with Crippen molar-refractivity contribution in [2.24, 2.45) is 16.2 Å². The first-order chi connectivity index (χ1) is 13.7. The number of hydrogen-bond acceptors (Lipinski definition) is 3. The maximum Gasteiger partial charge on any atom is 0.00532 e. The van der Waals surface area contributed by atoms with Crippen LogP contribution in [0.2, 0.25) is 0 Å². The Labute approximate surface area is 188 Å². The lowest BCUT2D eigenvalue weighted by molar-refractivity contribution is -0.0758. The third kappa shape index (κ3) is 5.44. The second-order valence-electron chi connectivity index (χ2n) is 12.7. The van der Waals surface area contributed by atoms with Crippen molar-refractivity contribution in [3.05, 3.63) is 0 Å². The molecule has 3 saturated heterocycles. The molecule has 6 aliphatic rings. The van der Waals surface area contributed by atoms with E-state index >= 15 is 0 Å². The quantitative estimate of drug-likeness (QED) is 0.565. The first-order valence-corrected chi connectivity index (χ1v) is 12.9. The zero-order chi connectivity index (χ0) is 20.9. The van der Waals surface area contributed by atoms with Gasteiger partial charge in [0.25, 0.3) is 0 Å². The molecule has 176 valence electrons. The first kappa shape index (κ1) is 24.5. The normalized spacial score (nSPS) is 29.5. The van der Waals surface area contributed by atoms with Gasteiger partial charge in [-0.1, -0.05) is 13.8 Å². The van der Waals surface area contributed by atoms with Crippen LogP contribution in [0.25, 0.3) is 0 Å². The molecule has 3 nitrogen and oxygen atoms in total. The molecular formula is C27H53N3. The molecule has 0 radical (unpaired) electrons. The molecule has 3 aliphatic heterocycles. The van der Waals surface area contributed by atoms with Gasteiger partial charge in [-0.05, 0) is 109 Å². The summed E-state index contributed by atoms with van der Waals surface area (Å²) in [6.45, 7) is 22.1. The summed E-state index contributed by atoms with van der Waals surface area (Å²) in [6.07, 6.45) is 12.0. The van der Waals surface area contributed by atoms with Gasteiger partial charge in [-0.3, -0.25) is 9.80 Å². The van der Waals surface area contributed by atoms with Gasteiger partial charge in [0.1, 0.15) is 0 Å². The van der Waals surface area contributed by atoms with Crippen molar-refractivity contribution in [2.75, 3.05) is 39.3 Å². The van der Waals surface area contributed by atoms with Gasteiger partial charge in [-0.15, -0.1) is 0 Å². The van der Waals surface area contributed by atoms with Crippen LogP contribution < -0.4 is 0 Å². The van der Waals surface area contributed by atoms with Crippen LogP contribution in [-0.2, 0) is 0 Å². The van der Waals surface area contributed by atoms with Gasteiger partial charge in [-0.2, -0.15) is 0 Å². The second kappa shape index (κ2) is 9.02. The van der Waals surface area contributed by atoms with Crippen LogP contribution in [0.3, 0.4) is 0 Å². The van der Waals surface area contributed by atoms with E-state index in [-0.39, 0.29) is 7.43 Å². The van der Waals surface area contributed by atoms with Gasteiger partial charge >= 0.3 is 0 Å². The fraction of sp³-hybridized carbons (Fsp3) is 1.00. The van der Waals surface area contributed by atoms with E-state index in [1.54, 1.807) is 0 Å². The van der Waals surface area contributed by atoms with Gasteiger partial charge in [0.2, 0.25) is 0 Å². The highest BCUT2D eigenvalue weighted by molar-refractivity contribution is 5.05. The maximum absolute atomic E-state index is 2.62. The summed E-state index contributed by atoms with van der Waals surface area (Å²) in [7, 11) is 0. The summed E-state index contributed by atoms with van der Waals surface area (Å²) in [5.74, 6) is 0. The largest absolute Gasteiger partial charge is 0.300 e. The molecule has 0 aromatic heterocycles. The molecule has 6 rings (SSSR count). The minimum atomic E-state index is 0. The molecule has 0 bridgehead atoms. The lowest BCUT2D eigenvalue weighted by atomic mass is 9.63. The Morgan fingerprint density at radius 2 is 0.833 bits per heavy atom. The Morgan fingerprint density at radius 3 is 1.07 bits per heavy atom. The zero-order valence-corrected chi connectivity index (χ0v) is 20.5. The fourth-order valence-corrected chi connectivity index (χ4v) is 5.84. The van der Waals surface area contributed by atoms with Crippen LogP contribution >= 0.6 is 0 Å². The lowest BCUT2D eigenvalue weighted by Gasteiger charge is -2.57. The molecule has 6 fully saturated rings. The van der Waals surface area contributed by atoms with Crippen molar-refractivity contribution >= 4 is 0 Å². The van der Waals surface area contributed by atoms with Crippen molar-refractivity contribution in [1.29, 1.82) is 0 Å². The van der Waals surface area contributed by atoms with Crippen molar-refractivity contribution in [3.63, 3.8) is 0 Å². The molecule has 3 aliphatic carbocycles. The summed E-state index contributed by atoms with van der Waals surface area (Å²) in [5, 5.41) is 0. The highest BCUT2D eigenvalue weighted by atomic mass is 15.2. The topological polar surface area (TPSA) is 9.72 Å². The monoisotopic (exact) mass is 419 g/mol. The molecule has 0 aromatic carbocycles. The highest BCUT2D eigenvalue weighted by Crippen LogP contribution is 2.53. The van der Waals surface area contributed by atoms with Crippen molar-refractivity contribution in [2.45, 2.75) is 118 Å². The summed E-state index contributed by atoms with van der Waals surface area (Å²) >= 11 is 0. The molecule has 3 saturated carbocycles. The third-order valence-corrected chi connectivity index (χ3v) is 9.14. The van der Waals surface area contributed by atoms with Crippen LogP contribution in [0.1, 0.15) is 100 Å². The molecule has 0 atom stereocenters. The van der Waals surface area contributed by atoms with Crippen molar-refractivity contribution < 1.29 is 0 Å². The van der Waals surface area contributed by atoms with E-state index in [0.29, 0.717) is 0 Å². The van der Waals surface area contributed by atoms with E-state index in [1.807, 2.05) is 0 Å². The Bertz CT molecular complexity index is 538. The average molecular weight is 420 g/mol. The Balaban J connectivity index is 0.000000126. The molecule has 0 unspecified atom stereocenters. The Morgan fingerprint density at radius 1 is 0.467 bits per heavy atom. The third-order valence-electron chi connectivity index (χ3n) is 9.14. The number of rotatable bonds is 3. The number of nitrogens with zero attached hydrogens (tertiary/aromatic N) is 3. The summed E-state index contributed by atoms with van der Waals surface area (Å²) in [6, 6.07) is 2.35. The predicted octanol–water partition coefficient (Wildman–Crippen LogP) is 5.89.